The molecule has 21 heavy (non-hydrogen) atoms. The molecule has 0 aliphatic heterocycles. The van der Waals surface area contributed by atoms with Crippen molar-refractivity contribution in [2.24, 2.45) is 9.50 Å². The van der Waals surface area contributed by atoms with E-state index in [0.29, 0.717) is 0 Å². The maximum absolute atomic E-state index is 11.9. The molecular weight excluding hydrogens is 286 g/mol. The van der Waals surface area contributed by atoms with Gasteiger partial charge in [0.25, 0.3) is 10.0 Å². The van der Waals surface area contributed by atoms with Crippen molar-refractivity contribution in [3.63, 3.8) is 0 Å². The van der Waals surface area contributed by atoms with E-state index in [9.17, 15) is 8.42 Å². The van der Waals surface area contributed by atoms with Gasteiger partial charge in [-0.3, -0.25) is 5.43 Å². The second-order valence-electron chi connectivity index (χ2n) is 4.21. The van der Waals surface area contributed by atoms with Crippen molar-refractivity contribution in [3.8, 4) is 0 Å². The van der Waals surface area contributed by atoms with E-state index >= 15 is 0 Å². The maximum Gasteiger partial charge on any atom is 0.283 e. The van der Waals surface area contributed by atoms with Gasteiger partial charge in [-0.2, -0.15) is 13.5 Å². The van der Waals surface area contributed by atoms with Gasteiger partial charge >= 0.3 is 0 Å². The average molecular weight is 301 g/mol. The Bertz CT molecular complexity index is 739. The molecule has 108 valence electrons. The van der Waals surface area contributed by atoms with E-state index in [2.05, 4.69) is 14.9 Å². The molecule has 0 saturated carbocycles. The predicted octanol–water partition coefficient (Wildman–Crippen LogP) is 2.42. The normalized spacial score (nSPS) is 12.5. The van der Waals surface area contributed by atoms with Crippen LogP contribution in [-0.4, -0.2) is 20.5 Å². The molecular formula is C15H15N3O2S. The molecule has 2 rings (SSSR count). The number of nitrogens with one attached hydrogen (secondary N) is 1. The highest BCUT2D eigenvalue weighted by atomic mass is 32.2. The number of benzene rings is 2. The van der Waals surface area contributed by atoms with Gasteiger partial charge in [0.2, 0.25) is 0 Å². The quantitative estimate of drug-likeness (QED) is 0.524. The lowest BCUT2D eigenvalue weighted by Gasteiger charge is -2.00. The van der Waals surface area contributed by atoms with E-state index < -0.39 is 10.0 Å². The van der Waals surface area contributed by atoms with Crippen LogP contribution in [0.2, 0.25) is 0 Å². The molecule has 6 heteroatoms. The number of sulfonamides is 1. The van der Waals surface area contributed by atoms with Crippen LogP contribution in [0.5, 0.6) is 0 Å². The van der Waals surface area contributed by atoms with Crippen LogP contribution in [0, 0.1) is 0 Å². The van der Waals surface area contributed by atoms with Crippen LogP contribution in [0.1, 0.15) is 12.5 Å². The Morgan fingerprint density at radius 2 is 1.57 bits per heavy atom. The van der Waals surface area contributed by atoms with Gasteiger partial charge in [0, 0.05) is 0 Å². The van der Waals surface area contributed by atoms with E-state index in [-0.39, 0.29) is 4.90 Å². The molecule has 0 spiro atoms. The smallest absolute Gasteiger partial charge is 0.267 e. The molecule has 0 aliphatic carbocycles. The third-order valence-electron chi connectivity index (χ3n) is 2.71. The van der Waals surface area contributed by atoms with Gasteiger partial charge in [-0.25, -0.2) is 0 Å². The second-order valence-corrected chi connectivity index (χ2v) is 5.85. The number of hydrogen-bond acceptors (Lipinski definition) is 3. The molecule has 0 atom stereocenters. The molecule has 5 nitrogen and oxygen atoms in total. The summed E-state index contributed by atoms with van der Waals surface area (Å²) in [7, 11) is -3.69. The predicted molar refractivity (Wildman–Crippen MR) is 83.9 cm³/mol. The minimum Gasteiger partial charge on any atom is -0.267 e. The minimum absolute atomic E-state index is 0.145. The summed E-state index contributed by atoms with van der Waals surface area (Å²) in [6.07, 6.45) is 1.06. The number of nitrogens with zero attached hydrogens (tertiary/aromatic N) is 2. The average Bonchev–Trinajstić information content (AvgIpc) is 2.53. The summed E-state index contributed by atoms with van der Waals surface area (Å²) in [4.78, 5) is 0.145. The van der Waals surface area contributed by atoms with Crippen molar-refractivity contribution >= 4 is 22.1 Å². The van der Waals surface area contributed by atoms with Crippen molar-refractivity contribution < 1.29 is 8.42 Å². The van der Waals surface area contributed by atoms with E-state index in [1.807, 2.05) is 37.3 Å². The van der Waals surface area contributed by atoms with Gasteiger partial charge in [0.05, 0.1) is 10.6 Å². The molecule has 0 unspecified atom stereocenters. The molecule has 2 aromatic carbocycles. The standard InChI is InChI=1S/C15H15N3O2S/c1-13(14-8-4-2-5-9-14)18-16-12-17-21(19,20)15-10-6-3-7-11-15/h2-12H,1H3,(H,16,17)/b18-13+. The molecule has 0 saturated heterocycles. The Morgan fingerprint density at radius 1 is 1.00 bits per heavy atom. The summed E-state index contributed by atoms with van der Waals surface area (Å²) in [6.45, 7) is 1.82. The van der Waals surface area contributed by atoms with Crippen molar-refractivity contribution in [2.75, 3.05) is 0 Å². The first-order valence-electron chi connectivity index (χ1n) is 6.29. The van der Waals surface area contributed by atoms with E-state index in [1.54, 1.807) is 18.2 Å². The summed E-state index contributed by atoms with van der Waals surface area (Å²) in [5.74, 6) is 0. The topological polar surface area (TPSA) is 70.9 Å². The summed E-state index contributed by atoms with van der Waals surface area (Å²) in [5.41, 5.74) is 4.21. The number of hydrazone groups is 1. The Morgan fingerprint density at radius 3 is 2.19 bits per heavy atom. The fourth-order valence-electron chi connectivity index (χ4n) is 1.62. The largest absolute Gasteiger partial charge is 0.283 e. The van der Waals surface area contributed by atoms with Crippen LogP contribution < -0.4 is 5.43 Å². The monoisotopic (exact) mass is 301 g/mol. The van der Waals surface area contributed by atoms with Crippen LogP contribution in [-0.2, 0) is 10.0 Å². The highest BCUT2D eigenvalue weighted by Crippen LogP contribution is 2.09. The zero-order valence-corrected chi connectivity index (χ0v) is 12.3. The molecule has 0 aromatic heterocycles. The van der Waals surface area contributed by atoms with Crippen molar-refractivity contribution in [2.45, 2.75) is 11.8 Å². The van der Waals surface area contributed by atoms with Gasteiger partial charge in [-0.1, -0.05) is 48.5 Å². The van der Waals surface area contributed by atoms with Crippen LogP contribution in [0.25, 0.3) is 0 Å². The summed E-state index contributed by atoms with van der Waals surface area (Å²) in [6, 6.07) is 17.6. The lowest BCUT2D eigenvalue weighted by atomic mass is 10.1. The first kappa shape index (κ1) is 14.9. The third kappa shape index (κ3) is 4.25. The zero-order valence-electron chi connectivity index (χ0n) is 11.5. The molecule has 0 bridgehead atoms. The summed E-state index contributed by atoms with van der Waals surface area (Å²) >= 11 is 0. The molecule has 0 amide bonds. The fraction of sp³-hybridized carbons (Fsp3) is 0.0667. The molecule has 1 N–H and O–H groups in total. The Labute approximate surface area is 124 Å². The number of rotatable bonds is 5. The van der Waals surface area contributed by atoms with Crippen molar-refractivity contribution in [3.05, 3.63) is 66.2 Å². The lowest BCUT2D eigenvalue weighted by molar-refractivity contribution is 0.598. The summed E-state index contributed by atoms with van der Waals surface area (Å²) < 4.78 is 27.2. The molecule has 2 aromatic rings. The molecule has 0 aliphatic rings. The van der Waals surface area contributed by atoms with Crippen LogP contribution >= 0.6 is 0 Å². The van der Waals surface area contributed by atoms with Gasteiger partial charge in [-0.05, 0) is 24.6 Å². The van der Waals surface area contributed by atoms with E-state index in [0.717, 1.165) is 17.6 Å². The molecule has 0 fully saturated rings. The van der Waals surface area contributed by atoms with Crippen molar-refractivity contribution in [1.29, 1.82) is 0 Å². The van der Waals surface area contributed by atoms with Gasteiger partial charge in [-0.15, -0.1) is 4.40 Å². The fourth-order valence-corrected chi connectivity index (χ4v) is 2.42. The van der Waals surface area contributed by atoms with E-state index in [4.69, 9.17) is 0 Å². The zero-order chi connectivity index (χ0) is 15.1. The Balaban J connectivity index is 2.03. The second kappa shape index (κ2) is 6.81. The minimum atomic E-state index is -3.69. The Hall–Kier alpha value is -2.47. The van der Waals surface area contributed by atoms with Gasteiger partial charge in [0.15, 0.2) is 0 Å². The van der Waals surface area contributed by atoms with Crippen LogP contribution in [0.4, 0.5) is 0 Å². The molecule has 0 heterocycles. The third-order valence-corrected chi connectivity index (χ3v) is 3.96. The maximum atomic E-state index is 11.9. The van der Waals surface area contributed by atoms with E-state index in [1.165, 1.54) is 12.1 Å². The highest BCUT2D eigenvalue weighted by Gasteiger charge is 2.09. The summed E-state index contributed by atoms with van der Waals surface area (Å²) in [5, 5.41) is 4.04. The first-order valence-corrected chi connectivity index (χ1v) is 7.73. The Kier molecular flexibility index (Phi) is 4.84. The first-order chi connectivity index (χ1) is 10.1. The van der Waals surface area contributed by atoms with Gasteiger partial charge in [0.1, 0.15) is 6.34 Å². The SMILES string of the molecule is C/C(=N\NC=NS(=O)(=O)c1ccccc1)c1ccccc1. The van der Waals surface area contributed by atoms with Gasteiger partial charge < -0.3 is 0 Å². The van der Waals surface area contributed by atoms with Crippen LogP contribution in [0.15, 0.2) is 75.1 Å². The molecule has 0 radical (unpaired) electrons. The van der Waals surface area contributed by atoms with Crippen LogP contribution in [0.3, 0.4) is 0 Å². The van der Waals surface area contributed by atoms with Crippen molar-refractivity contribution in [1.82, 2.24) is 5.43 Å². The highest BCUT2D eigenvalue weighted by molar-refractivity contribution is 7.90. The number of hydrogen-bond donors (Lipinski definition) is 1. The lowest BCUT2D eigenvalue weighted by Crippen LogP contribution is -2.09.